The van der Waals surface area contributed by atoms with E-state index in [1.165, 1.54) is 12.1 Å². The van der Waals surface area contributed by atoms with Crippen molar-refractivity contribution in [2.24, 2.45) is 0 Å². The summed E-state index contributed by atoms with van der Waals surface area (Å²) in [5.41, 5.74) is 2.43. The summed E-state index contributed by atoms with van der Waals surface area (Å²) >= 11 is -2.21. The van der Waals surface area contributed by atoms with Crippen LogP contribution in [0.2, 0.25) is 0 Å². The molecule has 5 heteroatoms. The summed E-state index contributed by atoms with van der Waals surface area (Å²) in [6.07, 6.45) is 0.318. The first-order chi connectivity index (χ1) is 10.0. The molecule has 2 rings (SSSR count). The summed E-state index contributed by atoms with van der Waals surface area (Å²) < 4.78 is 34.6. The van der Waals surface area contributed by atoms with Gasteiger partial charge in [0.05, 0.1) is 0 Å². The van der Waals surface area contributed by atoms with E-state index < -0.39 is 11.1 Å². The lowest BCUT2D eigenvalue weighted by atomic mass is 9.94. The summed E-state index contributed by atoms with van der Waals surface area (Å²) in [5, 5.41) is 0. The number of hydrogen-bond acceptors (Lipinski definition) is 3. The molecule has 2 aromatic rings. The van der Waals surface area contributed by atoms with Gasteiger partial charge in [0.1, 0.15) is 5.82 Å². The zero-order chi connectivity index (χ0) is 15.4. The normalized spacial score (nSPS) is 12.1. The van der Waals surface area contributed by atoms with Crippen molar-refractivity contribution >= 4 is 16.9 Å². The molecule has 0 radical (unpaired) electrons. The Labute approximate surface area is 125 Å². The second-order valence-electron chi connectivity index (χ2n) is 4.61. The minimum absolute atomic E-state index is 0.0761. The molecule has 0 aliphatic heterocycles. The van der Waals surface area contributed by atoms with Gasteiger partial charge in [-0.25, -0.2) is 4.39 Å². The van der Waals surface area contributed by atoms with E-state index in [2.05, 4.69) is 0 Å². The summed E-state index contributed by atoms with van der Waals surface area (Å²) in [7, 11) is 0. The highest BCUT2D eigenvalue weighted by atomic mass is 32.2. The molecule has 0 amide bonds. The van der Waals surface area contributed by atoms with Crippen molar-refractivity contribution in [1.29, 1.82) is 0 Å². The fourth-order valence-electron chi connectivity index (χ4n) is 2.12. The van der Waals surface area contributed by atoms with Crippen LogP contribution in [0.3, 0.4) is 0 Å². The van der Waals surface area contributed by atoms with Crippen molar-refractivity contribution < 1.29 is 17.9 Å². The summed E-state index contributed by atoms with van der Waals surface area (Å²) in [6, 6.07) is 10.8. The first-order valence-electron chi connectivity index (χ1n) is 6.49. The molecule has 3 nitrogen and oxygen atoms in total. The van der Waals surface area contributed by atoms with Gasteiger partial charge in [0.2, 0.25) is 0 Å². The largest absolute Gasteiger partial charge is 0.772 e. The maximum absolute atomic E-state index is 13.0. The van der Waals surface area contributed by atoms with Crippen molar-refractivity contribution in [3.05, 3.63) is 59.4 Å². The highest BCUT2D eigenvalue weighted by Crippen LogP contribution is 2.26. The van der Waals surface area contributed by atoms with E-state index in [1.807, 2.05) is 0 Å². The van der Waals surface area contributed by atoms with Crippen molar-refractivity contribution in [2.75, 3.05) is 0 Å². The van der Waals surface area contributed by atoms with Crippen LogP contribution in [-0.2, 0) is 16.8 Å². The van der Waals surface area contributed by atoms with Crippen LogP contribution in [0.5, 0.6) is 0 Å². The Kier molecular flexibility index (Phi) is 4.98. The van der Waals surface area contributed by atoms with Gasteiger partial charge in [0.15, 0.2) is 5.78 Å². The number of halogens is 1. The van der Waals surface area contributed by atoms with Gasteiger partial charge in [0, 0.05) is 17.7 Å². The molecule has 0 bridgehead atoms. The molecule has 0 aliphatic carbocycles. The van der Waals surface area contributed by atoms with Crippen LogP contribution < -0.4 is 0 Å². The van der Waals surface area contributed by atoms with E-state index in [0.29, 0.717) is 23.1 Å². The highest BCUT2D eigenvalue weighted by molar-refractivity contribution is 7.78. The fraction of sp³-hybridized carbons (Fsp3) is 0.188. The Morgan fingerprint density at radius 1 is 1.19 bits per heavy atom. The Hall–Kier alpha value is -1.85. The number of benzene rings is 2. The fourth-order valence-corrected chi connectivity index (χ4v) is 2.57. The van der Waals surface area contributed by atoms with Gasteiger partial charge < -0.3 is 4.55 Å². The quantitative estimate of drug-likeness (QED) is 0.628. The van der Waals surface area contributed by atoms with Crippen molar-refractivity contribution in [2.45, 2.75) is 19.1 Å². The summed E-state index contributed by atoms with van der Waals surface area (Å²) in [4.78, 5) is 12.1. The van der Waals surface area contributed by atoms with Crippen LogP contribution in [0.15, 0.2) is 42.5 Å². The molecule has 21 heavy (non-hydrogen) atoms. The molecule has 0 spiro atoms. The maximum Gasteiger partial charge on any atom is 0.163 e. The molecular formula is C16H14FO3S-. The van der Waals surface area contributed by atoms with Crippen LogP contribution >= 0.6 is 0 Å². The Balaban J connectivity index is 2.51. The van der Waals surface area contributed by atoms with Crippen LogP contribution in [0.1, 0.15) is 29.3 Å². The van der Waals surface area contributed by atoms with Gasteiger partial charge >= 0.3 is 0 Å². The van der Waals surface area contributed by atoms with Crippen molar-refractivity contribution in [3.63, 3.8) is 0 Å². The van der Waals surface area contributed by atoms with E-state index in [4.69, 9.17) is 0 Å². The Morgan fingerprint density at radius 2 is 1.86 bits per heavy atom. The molecule has 1 unspecified atom stereocenters. The first kappa shape index (κ1) is 15.5. The SMILES string of the molecule is CCC(=O)c1cc(CS(=O)[O-])ccc1-c1ccc(F)cc1. The van der Waals surface area contributed by atoms with E-state index in [1.54, 1.807) is 37.3 Å². The van der Waals surface area contributed by atoms with Crippen LogP contribution in [0.25, 0.3) is 11.1 Å². The minimum Gasteiger partial charge on any atom is -0.772 e. The molecule has 0 saturated carbocycles. The molecule has 1 atom stereocenters. The average molecular weight is 305 g/mol. The predicted octanol–water partition coefficient (Wildman–Crippen LogP) is 3.46. The Bertz CT molecular complexity index is 680. The number of hydrogen-bond donors (Lipinski definition) is 0. The summed E-state index contributed by atoms with van der Waals surface area (Å²) in [5.74, 6) is -0.554. The number of rotatable bonds is 5. The van der Waals surface area contributed by atoms with E-state index >= 15 is 0 Å². The molecule has 2 aromatic carbocycles. The van der Waals surface area contributed by atoms with Crippen LogP contribution in [-0.4, -0.2) is 14.5 Å². The lowest BCUT2D eigenvalue weighted by Gasteiger charge is -2.12. The number of carbonyl (C=O) groups is 1. The predicted molar refractivity (Wildman–Crippen MR) is 79.1 cm³/mol. The molecule has 0 aromatic heterocycles. The van der Waals surface area contributed by atoms with Crippen LogP contribution in [0.4, 0.5) is 4.39 Å². The second kappa shape index (κ2) is 6.74. The van der Waals surface area contributed by atoms with E-state index in [9.17, 15) is 17.9 Å². The second-order valence-corrected chi connectivity index (χ2v) is 5.51. The lowest BCUT2D eigenvalue weighted by Crippen LogP contribution is -2.03. The smallest absolute Gasteiger partial charge is 0.163 e. The third kappa shape index (κ3) is 3.83. The molecule has 0 N–H and O–H groups in total. The monoisotopic (exact) mass is 305 g/mol. The van der Waals surface area contributed by atoms with E-state index in [-0.39, 0.29) is 17.4 Å². The van der Waals surface area contributed by atoms with Gasteiger partial charge in [-0.3, -0.25) is 9.00 Å². The van der Waals surface area contributed by atoms with Gasteiger partial charge in [-0.1, -0.05) is 42.3 Å². The third-order valence-corrected chi connectivity index (χ3v) is 3.71. The molecule has 0 heterocycles. The maximum atomic E-state index is 13.0. The number of ketones is 1. The zero-order valence-corrected chi connectivity index (χ0v) is 12.3. The topological polar surface area (TPSA) is 57.2 Å². The minimum atomic E-state index is -2.21. The first-order valence-corrected chi connectivity index (χ1v) is 7.73. The van der Waals surface area contributed by atoms with Gasteiger partial charge in [-0.05, 0) is 34.9 Å². The van der Waals surface area contributed by atoms with Gasteiger partial charge in [-0.2, -0.15) is 0 Å². The molecule has 0 fully saturated rings. The number of carbonyl (C=O) groups excluding carboxylic acids is 1. The third-order valence-electron chi connectivity index (χ3n) is 3.15. The Morgan fingerprint density at radius 3 is 2.43 bits per heavy atom. The van der Waals surface area contributed by atoms with Gasteiger partial charge in [0.25, 0.3) is 0 Å². The average Bonchev–Trinajstić information content (AvgIpc) is 2.47. The molecular weight excluding hydrogens is 291 g/mol. The van der Waals surface area contributed by atoms with Crippen LogP contribution in [0, 0.1) is 5.82 Å². The number of Topliss-reactive ketones (excluding diaryl/α,β-unsaturated/α-hetero) is 1. The standard InChI is InChI=1S/C16H15FO3S/c1-2-16(18)15-9-11(10-21(19)20)3-8-14(15)12-4-6-13(17)7-5-12/h3-9H,2,10H2,1H3,(H,19,20)/p-1. The lowest BCUT2D eigenvalue weighted by molar-refractivity contribution is 0.0988. The van der Waals surface area contributed by atoms with E-state index in [0.717, 1.165) is 5.56 Å². The summed E-state index contributed by atoms with van der Waals surface area (Å²) in [6.45, 7) is 1.75. The molecule has 0 saturated heterocycles. The van der Waals surface area contributed by atoms with Gasteiger partial charge in [-0.15, -0.1) is 0 Å². The zero-order valence-electron chi connectivity index (χ0n) is 11.5. The van der Waals surface area contributed by atoms with Crippen molar-refractivity contribution in [3.8, 4) is 11.1 Å². The van der Waals surface area contributed by atoms with Crippen molar-refractivity contribution in [1.82, 2.24) is 0 Å². The molecule has 0 aliphatic rings. The highest BCUT2D eigenvalue weighted by Gasteiger charge is 2.12. The molecule has 110 valence electrons.